The first kappa shape index (κ1) is 9.25. The number of hydrogen-bond donors (Lipinski definition) is 0. The zero-order chi connectivity index (χ0) is 10.3. The number of hydrogen-bond acceptors (Lipinski definition) is 1. The molecule has 0 N–H and O–H groups in total. The van der Waals surface area contributed by atoms with Gasteiger partial charge in [-0.2, -0.15) is 0 Å². The van der Waals surface area contributed by atoms with Crippen LogP contribution in [0.1, 0.15) is 31.1 Å². The lowest BCUT2D eigenvalue weighted by atomic mass is 9.93. The van der Waals surface area contributed by atoms with Crippen molar-refractivity contribution in [3.8, 4) is 0 Å². The molecule has 2 rings (SSSR count). The summed E-state index contributed by atoms with van der Waals surface area (Å²) in [6.07, 6.45) is 8.60. The van der Waals surface area contributed by atoms with E-state index in [1.54, 1.807) is 0 Å². The summed E-state index contributed by atoms with van der Waals surface area (Å²) < 4.78 is 2.14. The fourth-order valence-corrected chi connectivity index (χ4v) is 1.57. The van der Waals surface area contributed by atoms with Crippen LogP contribution in [0.3, 0.4) is 0 Å². The minimum atomic E-state index is 0.126. The van der Waals surface area contributed by atoms with Gasteiger partial charge in [0, 0.05) is 17.3 Å². The number of aryl methyl sites for hydroxylation is 1. The van der Waals surface area contributed by atoms with Gasteiger partial charge in [0.1, 0.15) is 5.82 Å². The van der Waals surface area contributed by atoms with Gasteiger partial charge in [-0.05, 0) is 19.9 Å². The molecule has 1 aromatic heterocycles. The van der Waals surface area contributed by atoms with Crippen LogP contribution in [0.4, 0.5) is 0 Å². The number of nitrogens with zero attached hydrogens (tertiary/aromatic N) is 2. The Labute approximate surface area is 85.0 Å². The van der Waals surface area contributed by atoms with Crippen LogP contribution in [0.15, 0.2) is 12.2 Å². The van der Waals surface area contributed by atoms with E-state index in [1.807, 2.05) is 6.92 Å². The van der Waals surface area contributed by atoms with Crippen LogP contribution in [0.25, 0.3) is 12.3 Å². The third-order valence-electron chi connectivity index (χ3n) is 2.73. The van der Waals surface area contributed by atoms with Gasteiger partial charge in [-0.25, -0.2) is 4.98 Å². The minimum absolute atomic E-state index is 0.126. The number of allylic oxidation sites excluding steroid dienone is 2. The van der Waals surface area contributed by atoms with E-state index in [9.17, 15) is 0 Å². The smallest absolute Gasteiger partial charge is 0.136 e. The second-order valence-corrected chi connectivity index (χ2v) is 4.48. The van der Waals surface area contributed by atoms with Crippen molar-refractivity contribution in [1.29, 1.82) is 0 Å². The fourth-order valence-electron chi connectivity index (χ4n) is 1.57. The summed E-state index contributed by atoms with van der Waals surface area (Å²) in [4.78, 5) is 4.50. The van der Waals surface area contributed by atoms with E-state index in [0.717, 1.165) is 11.5 Å². The molecule has 2 nitrogen and oxygen atoms in total. The average molecular weight is 188 g/mol. The predicted molar refractivity (Wildman–Crippen MR) is 59.8 cm³/mol. The zero-order valence-corrected chi connectivity index (χ0v) is 9.20. The van der Waals surface area contributed by atoms with Crippen LogP contribution in [0.5, 0.6) is 0 Å². The molecule has 0 bridgehead atoms. The number of aromatic nitrogens is 2. The number of fused-ring (bicyclic) bond motifs is 1. The molecule has 1 aliphatic rings. The summed E-state index contributed by atoms with van der Waals surface area (Å²) in [5.74, 6) is 1.03. The second-order valence-electron chi connectivity index (χ2n) is 4.48. The summed E-state index contributed by atoms with van der Waals surface area (Å²) in [7, 11) is 0. The van der Waals surface area contributed by atoms with Crippen LogP contribution in [0, 0.1) is 19.3 Å². The molecule has 0 radical (unpaired) electrons. The van der Waals surface area contributed by atoms with Gasteiger partial charge in [0.2, 0.25) is 0 Å². The molecule has 0 fully saturated rings. The lowest BCUT2D eigenvalue weighted by molar-refractivity contribution is 0.632. The predicted octanol–water partition coefficient (Wildman–Crippen LogP) is 3.02. The molecule has 0 amide bonds. The number of imidazole rings is 1. The summed E-state index contributed by atoms with van der Waals surface area (Å²) in [6.45, 7) is 8.52. The highest BCUT2D eigenvalue weighted by atomic mass is 15.1. The third-order valence-corrected chi connectivity index (χ3v) is 2.73. The Bertz CT molecular complexity index is 420. The monoisotopic (exact) mass is 188 g/mol. The maximum atomic E-state index is 4.50. The topological polar surface area (TPSA) is 17.8 Å². The highest BCUT2D eigenvalue weighted by molar-refractivity contribution is 5.53. The molecule has 1 aromatic rings. The molecule has 0 aliphatic carbocycles. The van der Waals surface area contributed by atoms with Crippen molar-refractivity contribution in [2.45, 2.75) is 27.7 Å². The van der Waals surface area contributed by atoms with Gasteiger partial charge in [0.05, 0.1) is 5.69 Å². The largest absolute Gasteiger partial charge is 0.304 e. The van der Waals surface area contributed by atoms with Gasteiger partial charge < -0.3 is 4.57 Å². The van der Waals surface area contributed by atoms with Gasteiger partial charge in [-0.3, -0.25) is 0 Å². The van der Waals surface area contributed by atoms with Gasteiger partial charge >= 0.3 is 0 Å². The molecule has 2 heterocycles. The SMILES string of the molecule is Cc1nc2n(c1C)C=CC(C)(C)C=C2. The first-order valence-corrected chi connectivity index (χ1v) is 4.94. The Balaban J connectivity index is 2.58. The molecular formula is C12H16N2. The molecule has 0 spiro atoms. The molecule has 0 saturated carbocycles. The molecule has 0 saturated heterocycles. The van der Waals surface area contributed by atoms with E-state index in [1.165, 1.54) is 5.69 Å². The van der Waals surface area contributed by atoms with E-state index in [-0.39, 0.29) is 5.41 Å². The lowest BCUT2D eigenvalue weighted by Crippen LogP contribution is -2.00. The van der Waals surface area contributed by atoms with Crippen molar-refractivity contribution in [2.75, 3.05) is 0 Å². The molecule has 0 unspecified atom stereocenters. The quantitative estimate of drug-likeness (QED) is 0.612. The average Bonchev–Trinajstić information content (AvgIpc) is 2.27. The lowest BCUT2D eigenvalue weighted by Gasteiger charge is -2.11. The van der Waals surface area contributed by atoms with Crippen LogP contribution >= 0.6 is 0 Å². The van der Waals surface area contributed by atoms with Crippen molar-refractivity contribution < 1.29 is 0 Å². The summed E-state index contributed by atoms with van der Waals surface area (Å²) in [6, 6.07) is 0. The van der Waals surface area contributed by atoms with Crippen LogP contribution in [-0.4, -0.2) is 9.55 Å². The molecule has 0 aromatic carbocycles. The Kier molecular flexibility index (Phi) is 1.88. The fraction of sp³-hybridized carbons (Fsp3) is 0.417. The van der Waals surface area contributed by atoms with Crippen molar-refractivity contribution in [3.63, 3.8) is 0 Å². The van der Waals surface area contributed by atoms with Crippen LogP contribution < -0.4 is 0 Å². The maximum absolute atomic E-state index is 4.50. The van der Waals surface area contributed by atoms with Gasteiger partial charge in [0.15, 0.2) is 0 Å². The van der Waals surface area contributed by atoms with E-state index < -0.39 is 0 Å². The van der Waals surface area contributed by atoms with Gasteiger partial charge in [-0.1, -0.05) is 26.0 Å². The third kappa shape index (κ3) is 1.41. The van der Waals surface area contributed by atoms with Gasteiger partial charge in [0.25, 0.3) is 0 Å². The Morgan fingerprint density at radius 1 is 1.21 bits per heavy atom. The van der Waals surface area contributed by atoms with Crippen molar-refractivity contribution >= 4 is 12.3 Å². The van der Waals surface area contributed by atoms with Crippen molar-refractivity contribution in [1.82, 2.24) is 9.55 Å². The number of rotatable bonds is 0. The molecule has 1 aliphatic heterocycles. The van der Waals surface area contributed by atoms with Crippen LogP contribution in [0.2, 0.25) is 0 Å². The molecule has 0 atom stereocenters. The van der Waals surface area contributed by atoms with E-state index >= 15 is 0 Å². The van der Waals surface area contributed by atoms with Crippen LogP contribution in [-0.2, 0) is 0 Å². The van der Waals surface area contributed by atoms with E-state index in [4.69, 9.17) is 0 Å². The van der Waals surface area contributed by atoms with Crippen molar-refractivity contribution in [3.05, 3.63) is 29.4 Å². The zero-order valence-electron chi connectivity index (χ0n) is 9.20. The Morgan fingerprint density at radius 2 is 1.93 bits per heavy atom. The summed E-state index contributed by atoms with van der Waals surface area (Å²) >= 11 is 0. The Morgan fingerprint density at radius 3 is 2.64 bits per heavy atom. The highest BCUT2D eigenvalue weighted by Gasteiger charge is 2.15. The first-order chi connectivity index (χ1) is 6.49. The Hall–Kier alpha value is -1.31. The van der Waals surface area contributed by atoms with E-state index in [2.05, 4.69) is 54.8 Å². The standard InChI is InChI=1S/C12H16N2/c1-9-10(2)14-8-7-12(3,4)6-5-11(14)13-9/h5-8H,1-4H3. The molecular weight excluding hydrogens is 172 g/mol. The molecule has 14 heavy (non-hydrogen) atoms. The molecule has 74 valence electrons. The first-order valence-electron chi connectivity index (χ1n) is 4.94. The van der Waals surface area contributed by atoms with Crippen molar-refractivity contribution in [2.24, 2.45) is 5.41 Å². The van der Waals surface area contributed by atoms with E-state index in [0.29, 0.717) is 0 Å². The molecule has 2 heteroatoms. The summed E-state index contributed by atoms with van der Waals surface area (Å²) in [5.41, 5.74) is 2.45. The highest BCUT2D eigenvalue weighted by Crippen LogP contribution is 2.25. The minimum Gasteiger partial charge on any atom is -0.304 e. The second kappa shape index (κ2) is 2.84. The summed E-state index contributed by atoms with van der Waals surface area (Å²) in [5, 5.41) is 0. The maximum Gasteiger partial charge on any atom is 0.136 e. The normalized spacial score (nSPS) is 18.0. The van der Waals surface area contributed by atoms with Gasteiger partial charge in [-0.15, -0.1) is 0 Å².